The van der Waals surface area contributed by atoms with E-state index in [0.29, 0.717) is 41.9 Å². The number of rotatable bonds is 4. The van der Waals surface area contributed by atoms with E-state index in [1.54, 1.807) is 12.1 Å². The molecule has 2 heterocycles. The van der Waals surface area contributed by atoms with E-state index in [1.807, 2.05) is 0 Å². The van der Waals surface area contributed by atoms with Crippen LogP contribution in [0.5, 0.6) is 0 Å². The number of nitrogens with zero attached hydrogens (tertiary/aromatic N) is 3. The van der Waals surface area contributed by atoms with E-state index in [0.717, 1.165) is 0 Å². The van der Waals surface area contributed by atoms with Gasteiger partial charge in [0.15, 0.2) is 0 Å². The number of hydrogen-bond donors (Lipinski definition) is 0. The molecular formula is C22H15F6N3O4. The SMILES string of the molecule is COC(=O)CC(=O)N1CCc2cc(-c3noc(-c4cc(C(F)(F)F)cc(C(F)(F)F)c4)n3)ccc21. The van der Waals surface area contributed by atoms with Crippen LogP contribution in [0.3, 0.4) is 0 Å². The largest absolute Gasteiger partial charge is 0.469 e. The van der Waals surface area contributed by atoms with Gasteiger partial charge in [0, 0.05) is 23.4 Å². The van der Waals surface area contributed by atoms with Crippen LogP contribution in [0.25, 0.3) is 22.8 Å². The Morgan fingerprint density at radius 3 is 2.26 bits per heavy atom. The Morgan fingerprint density at radius 2 is 1.66 bits per heavy atom. The Hall–Kier alpha value is -3.90. The highest BCUT2D eigenvalue weighted by Gasteiger charge is 2.37. The second-order valence-electron chi connectivity index (χ2n) is 7.61. The van der Waals surface area contributed by atoms with Gasteiger partial charge < -0.3 is 14.2 Å². The number of fused-ring (bicyclic) bond motifs is 1. The van der Waals surface area contributed by atoms with Crippen molar-refractivity contribution in [1.29, 1.82) is 0 Å². The fourth-order valence-corrected chi connectivity index (χ4v) is 3.63. The van der Waals surface area contributed by atoms with Crippen LogP contribution in [-0.4, -0.2) is 35.7 Å². The third-order valence-corrected chi connectivity index (χ3v) is 5.32. The minimum atomic E-state index is -5.02. The number of esters is 1. The van der Waals surface area contributed by atoms with Crippen LogP contribution in [0.15, 0.2) is 40.9 Å². The summed E-state index contributed by atoms with van der Waals surface area (Å²) < 4.78 is 88.3. The second kappa shape index (κ2) is 8.71. The molecule has 13 heteroatoms. The summed E-state index contributed by atoms with van der Waals surface area (Å²) in [4.78, 5) is 29.1. The van der Waals surface area contributed by atoms with Gasteiger partial charge in [-0.2, -0.15) is 31.3 Å². The third-order valence-electron chi connectivity index (χ3n) is 5.32. The van der Waals surface area contributed by atoms with Gasteiger partial charge >= 0.3 is 18.3 Å². The molecular weight excluding hydrogens is 484 g/mol. The Kier molecular flexibility index (Phi) is 6.03. The molecule has 35 heavy (non-hydrogen) atoms. The average molecular weight is 499 g/mol. The number of alkyl halides is 6. The van der Waals surface area contributed by atoms with Crippen molar-refractivity contribution in [3.63, 3.8) is 0 Å². The van der Waals surface area contributed by atoms with Crippen molar-refractivity contribution in [3.05, 3.63) is 53.1 Å². The summed E-state index contributed by atoms with van der Waals surface area (Å²) in [5.74, 6) is -1.71. The predicted octanol–water partition coefficient (Wildman–Crippen LogP) is 4.89. The first-order valence-corrected chi connectivity index (χ1v) is 10.0. The van der Waals surface area contributed by atoms with Crippen molar-refractivity contribution >= 4 is 17.6 Å². The van der Waals surface area contributed by atoms with E-state index in [4.69, 9.17) is 4.52 Å². The van der Waals surface area contributed by atoms with Gasteiger partial charge in [-0.05, 0) is 48.4 Å². The number of carbonyl (C=O) groups excluding carboxylic acids is 2. The first-order valence-electron chi connectivity index (χ1n) is 10.0. The molecule has 0 radical (unpaired) electrons. The van der Waals surface area contributed by atoms with Crippen LogP contribution in [0.1, 0.15) is 23.1 Å². The Labute approximate surface area is 193 Å². The monoisotopic (exact) mass is 499 g/mol. The Bertz CT molecular complexity index is 1270. The van der Waals surface area contributed by atoms with Crippen molar-refractivity contribution in [2.24, 2.45) is 0 Å². The number of anilines is 1. The number of carbonyl (C=O) groups is 2. The highest BCUT2D eigenvalue weighted by atomic mass is 19.4. The molecule has 4 rings (SSSR count). The summed E-state index contributed by atoms with van der Waals surface area (Å²) in [7, 11) is 1.17. The number of halogens is 6. The predicted molar refractivity (Wildman–Crippen MR) is 108 cm³/mol. The number of hydrogen-bond acceptors (Lipinski definition) is 6. The molecule has 3 aromatic rings. The fraction of sp³-hybridized carbons (Fsp3) is 0.273. The second-order valence-corrected chi connectivity index (χ2v) is 7.61. The number of methoxy groups -OCH3 is 1. The maximum absolute atomic E-state index is 13.1. The lowest BCUT2D eigenvalue weighted by Crippen LogP contribution is -2.30. The van der Waals surface area contributed by atoms with Crippen LogP contribution in [0.2, 0.25) is 0 Å². The van der Waals surface area contributed by atoms with Crippen molar-refractivity contribution < 1.29 is 45.2 Å². The van der Waals surface area contributed by atoms with Crippen LogP contribution < -0.4 is 4.90 Å². The molecule has 0 aliphatic carbocycles. The number of aromatic nitrogens is 2. The van der Waals surface area contributed by atoms with Gasteiger partial charge in [-0.25, -0.2) is 0 Å². The number of amides is 1. The van der Waals surface area contributed by atoms with Gasteiger partial charge in [0.1, 0.15) is 6.42 Å². The van der Waals surface area contributed by atoms with Crippen molar-refractivity contribution in [1.82, 2.24) is 10.1 Å². The van der Waals surface area contributed by atoms with E-state index in [9.17, 15) is 35.9 Å². The highest BCUT2D eigenvalue weighted by Crippen LogP contribution is 2.39. The van der Waals surface area contributed by atoms with Gasteiger partial charge in [-0.1, -0.05) is 5.16 Å². The average Bonchev–Trinajstić information content (AvgIpc) is 3.44. The normalized spacial score (nSPS) is 13.6. The van der Waals surface area contributed by atoms with Crippen molar-refractivity contribution in [3.8, 4) is 22.8 Å². The quantitative estimate of drug-likeness (QED) is 0.289. The lowest BCUT2D eigenvalue weighted by molar-refractivity contribution is -0.144. The molecule has 0 unspecified atom stereocenters. The number of ether oxygens (including phenoxy) is 1. The standard InChI is InChI=1S/C22H15F6N3O4/c1-34-18(33)10-17(32)31-5-4-11-6-12(2-3-16(11)31)19-29-20(35-30-19)13-7-14(21(23,24)25)9-15(8-13)22(26,27)28/h2-3,6-9H,4-5,10H2,1H3. The topological polar surface area (TPSA) is 85.5 Å². The first-order chi connectivity index (χ1) is 16.4. The Morgan fingerprint density at radius 1 is 1.00 bits per heavy atom. The molecule has 1 aromatic heterocycles. The van der Waals surface area contributed by atoms with Crippen LogP contribution in [0.4, 0.5) is 32.0 Å². The maximum Gasteiger partial charge on any atom is 0.416 e. The smallest absolute Gasteiger partial charge is 0.416 e. The summed E-state index contributed by atoms with van der Waals surface area (Å²) in [5, 5.41) is 3.69. The van der Waals surface area contributed by atoms with Crippen LogP contribution in [0, 0.1) is 0 Å². The molecule has 1 amide bonds. The zero-order valence-corrected chi connectivity index (χ0v) is 17.8. The third kappa shape index (κ3) is 4.98. The molecule has 0 bridgehead atoms. The molecule has 0 fully saturated rings. The lowest BCUT2D eigenvalue weighted by Gasteiger charge is -2.16. The molecule has 184 valence electrons. The van der Waals surface area contributed by atoms with Crippen molar-refractivity contribution in [2.45, 2.75) is 25.2 Å². The summed E-state index contributed by atoms with van der Waals surface area (Å²) in [6.07, 6.45) is -10.0. The van der Waals surface area contributed by atoms with E-state index in [1.165, 1.54) is 18.1 Å². The molecule has 0 N–H and O–H groups in total. The molecule has 1 aliphatic heterocycles. The molecule has 1 aliphatic rings. The molecule has 0 atom stereocenters. The molecule has 7 nitrogen and oxygen atoms in total. The summed E-state index contributed by atoms with van der Waals surface area (Å²) >= 11 is 0. The zero-order chi connectivity index (χ0) is 25.5. The molecule has 2 aromatic carbocycles. The molecule has 0 saturated heterocycles. The fourth-order valence-electron chi connectivity index (χ4n) is 3.63. The van der Waals surface area contributed by atoms with Crippen LogP contribution in [-0.2, 0) is 33.1 Å². The van der Waals surface area contributed by atoms with Gasteiger partial charge in [-0.3, -0.25) is 9.59 Å². The highest BCUT2D eigenvalue weighted by molar-refractivity contribution is 6.04. The first kappa shape index (κ1) is 24.2. The summed E-state index contributed by atoms with van der Waals surface area (Å²) in [5.41, 5.74) is -1.90. The van der Waals surface area contributed by atoms with Gasteiger partial charge in [0.25, 0.3) is 5.89 Å². The minimum absolute atomic E-state index is 0.00846. The minimum Gasteiger partial charge on any atom is -0.469 e. The maximum atomic E-state index is 13.1. The summed E-state index contributed by atoms with van der Waals surface area (Å²) in [6.45, 7) is 0.316. The van der Waals surface area contributed by atoms with E-state index in [2.05, 4.69) is 14.9 Å². The molecule has 0 spiro atoms. The van der Waals surface area contributed by atoms with Gasteiger partial charge in [-0.15, -0.1) is 0 Å². The zero-order valence-electron chi connectivity index (χ0n) is 17.8. The lowest BCUT2D eigenvalue weighted by atomic mass is 10.0. The number of benzene rings is 2. The van der Waals surface area contributed by atoms with Crippen molar-refractivity contribution in [2.75, 3.05) is 18.6 Å². The van der Waals surface area contributed by atoms with Gasteiger partial charge in [0.2, 0.25) is 11.7 Å². The van der Waals surface area contributed by atoms with Crippen LogP contribution >= 0.6 is 0 Å². The van der Waals surface area contributed by atoms with E-state index >= 15 is 0 Å². The molecule has 0 saturated carbocycles. The van der Waals surface area contributed by atoms with E-state index in [-0.39, 0.29) is 11.9 Å². The summed E-state index contributed by atoms with van der Waals surface area (Å²) in [6, 6.07) is 5.73. The Balaban J connectivity index is 1.64. The van der Waals surface area contributed by atoms with Gasteiger partial charge in [0.05, 0.1) is 18.2 Å². The van der Waals surface area contributed by atoms with E-state index < -0.39 is 53.2 Å².